The molecule has 2 aromatic heterocycles. The highest BCUT2D eigenvalue weighted by Crippen LogP contribution is 2.32. The first-order chi connectivity index (χ1) is 15.1. The molecule has 1 aliphatic heterocycles. The summed E-state index contributed by atoms with van der Waals surface area (Å²) in [6.07, 6.45) is 4.01. The van der Waals surface area contributed by atoms with Crippen LogP contribution in [0.15, 0.2) is 77.4 Å². The predicted octanol–water partition coefficient (Wildman–Crippen LogP) is 4.76. The van der Waals surface area contributed by atoms with Gasteiger partial charge in [-0.15, -0.1) is 11.3 Å². The molecular formula is C23H16N4O3S. The quantitative estimate of drug-likeness (QED) is 0.490. The van der Waals surface area contributed by atoms with Gasteiger partial charge in [0.05, 0.1) is 29.2 Å². The molecule has 0 saturated heterocycles. The highest BCUT2D eigenvalue weighted by Gasteiger charge is 2.19. The van der Waals surface area contributed by atoms with E-state index in [4.69, 9.17) is 10.1 Å². The van der Waals surface area contributed by atoms with Gasteiger partial charge >= 0.3 is 5.97 Å². The van der Waals surface area contributed by atoms with Gasteiger partial charge in [-0.2, -0.15) is 0 Å². The van der Waals surface area contributed by atoms with Crippen LogP contribution in [0.3, 0.4) is 0 Å². The van der Waals surface area contributed by atoms with Gasteiger partial charge in [0.1, 0.15) is 0 Å². The average Bonchev–Trinajstić information content (AvgIpc) is 3.44. The van der Waals surface area contributed by atoms with E-state index in [1.807, 2.05) is 71.6 Å². The van der Waals surface area contributed by atoms with Gasteiger partial charge in [-0.1, -0.05) is 18.2 Å². The van der Waals surface area contributed by atoms with Crippen molar-refractivity contribution >= 4 is 40.3 Å². The van der Waals surface area contributed by atoms with Gasteiger partial charge in [-0.3, -0.25) is 9.79 Å². The molecule has 0 radical (unpaired) electrons. The Morgan fingerprint density at radius 2 is 1.87 bits per heavy atom. The maximum absolute atomic E-state index is 12.6. The summed E-state index contributed by atoms with van der Waals surface area (Å²) in [4.78, 5) is 32.6. The first-order valence-corrected chi connectivity index (χ1v) is 10.4. The molecule has 31 heavy (non-hydrogen) atoms. The van der Waals surface area contributed by atoms with E-state index in [0.29, 0.717) is 22.8 Å². The summed E-state index contributed by atoms with van der Waals surface area (Å²) >= 11 is 1.08. The van der Waals surface area contributed by atoms with Crippen molar-refractivity contribution in [3.05, 3.63) is 82.9 Å². The number of hydrogen-bond acceptors (Lipinski definition) is 5. The number of anilines is 1. The third kappa shape index (κ3) is 3.76. The number of carboxylic acids is 1. The topological polar surface area (TPSA) is 96.6 Å². The molecule has 0 bridgehead atoms. The molecule has 0 aliphatic carbocycles. The number of aromatic nitrogens is 2. The van der Waals surface area contributed by atoms with E-state index in [1.165, 1.54) is 0 Å². The summed E-state index contributed by atoms with van der Waals surface area (Å²) in [5.74, 6) is -1.19. The van der Waals surface area contributed by atoms with Crippen molar-refractivity contribution in [2.24, 2.45) is 4.99 Å². The fourth-order valence-corrected chi connectivity index (χ4v) is 4.11. The zero-order valence-corrected chi connectivity index (χ0v) is 17.0. The Balaban J connectivity index is 1.53. The van der Waals surface area contributed by atoms with Crippen molar-refractivity contribution in [3.8, 4) is 16.9 Å². The second kappa shape index (κ2) is 7.66. The maximum atomic E-state index is 12.6. The molecule has 0 unspecified atom stereocenters. The molecule has 1 aliphatic rings. The summed E-state index contributed by atoms with van der Waals surface area (Å²) in [6.45, 7) is 0. The molecule has 4 aromatic rings. The van der Waals surface area contributed by atoms with Gasteiger partial charge in [-0.05, 0) is 42.0 Å². The van der Waals surface area contributed by atoms with Crippen molar-refractivity contribution in [3.63, 3.8) is 0 Å². The number of rotatable bonds is 4. The van der Waals surface area contributed by atoms with E-state index in [9.17, 15) is 9.59 Å². The summed E-state index contributed by atoms with van der Waals surface area (Å²) in [7, 11) is 0. The largest absolute Gasteiger partial charge is 0.476 e. The van der Waals surface area contributed by atoms with Crippen molar-refractivity contribution in [1.82, 2.24) is 9.55 Å². The number of aliphatic imine (C=N–C) groups is 1. The van der Waals surface area contributed by atoms with E-state index >= 15 is 0 Å². The summed E-state index contributed by atoms with van der Waals surface area (Å²) in [6, 6.07) is 17.1. The molecule has 2 N–H and O–H groups in total. The van der Waals surface area contributed by atoms with E-state index in [0.717, 1.165) is 28.2 Å². The molecular weight excluding hydrogens is 412 g/mol. The van der Waals surface area contributed by atoms with Crippen LogP contribution in [0.5, 0.6) is 0 Å². The minimum atomic E-state index is -1.05. The van der Waals surface area contributed by atoms with E-state index < -0.39 is 5.97 Å². The molecule has 0 spiro atoms. The number of nitrogens with zero attached hydrogens (tertiary/aromatic N) is 3. The van der Waals surface area contributed by atoms with E-state index in [1.54, 1.807) is 5.38 Å². The molecule has 0 saturated carbocycles. The number of thiazole rings is 1. The first kappa shape index (κ1) is 19.0. The van der Waals surface area contributed by atoms with Crippen LogP contribution in [0.1, 0.15) is 21.8 Å². The van der Waals surface area contributed by atoms with Crippen LogP contribution in [-0.2, 0) is 4.79 Å². The number of fused-ring (bicyclic) bond motifs is 1. The van der Waals surface area contributed by atoms with Gasteiger partial charge in [0.2, 0.25) is 10.9 Å². The Morgan fingerprint density at radius 1 is 1.06 bits per heavy atom. The Hall–Kier alpha value is -4.04. The van der Waals surface area contributed by atoms with Gasteiger partial charge in [0.25, 0.3) is 0 Å². The Labute approximate surface area is 181 Å². The van der Waals surface area contributed by atoms with Crippen LogP contribution in [0, 0.1) is 0 Å². The van der Waals surface area contributed by atoms with Crippen LogP contribution in [0.25, 0.3) is 16.9 Å². The highest BCUT2D eigenvalue weighted by atomic mass is 32.1. The highest BCUT2D eigenvalue weighted by molar-refractivity contribution is 7.11. The number of benzene rings is 2. The fraction of sp³-hybridized carbons (Fsp3) is 0.0435. The number of nitrogens with one attached hydrogen (secondary N) is 1. The van der Waals surface area contributed by atoms with E-state index in [2.05, 4.69) is 10.3 Å². The summed E-state index contributed by atoms with van der Waals surface area (Å²) in [5.41, 5.74) is 5.07. The number of hydrogen-bond donors (Lipinski definition) is 2. The molecule has 0 atom stereocenters. The minimum Gasteiger partial charge on any atom is -0.476 e. The van der Waals surface area contributed by atoms with Crippen LogP contribution in [-0.4, -0.2) is 32.2 Å². The zero-order chi connectivity index (χ0) is 21.4. The number of amides is 1. The van der Waals surface area contributed by atoms with Crippen molar-refractivity contribution in [2.75, 3.05) is 5.32 Å². The zero-order valence-electron chi connectivity index (χ0n) is 16.1. The van der Waals surface area contributed by atoms with Crippen LogP contribution < -0.4 is 5.32 Å². The first-order valence-electron chi connectivity index (χ1n) is 9.51. The van der Waals surface area contributed by atoms with Gasteiger partial charge < -0.3 is 15.0 Å². The molecule has 7 nitrogen and oxygen atoms in total. The molecule has 1 amide bonds. The van der Waals surface area contributed by atoms with Crippen LogP contribution in [0.4, 0.5) is 11.4 Å². The number of carbonyl (C=O) groups excluding carboxylic acids is 1. The third-order valence-corrected chi connectivity index (χ3v) is 5.75. The van der Waals surface area contributed by atoms with Crippen LogP contribution in [0.2, 0.25) is 0 Å². The lowest BCUT2D eigenvalue weighted by Crippen LogP contribution is -2.15. The number of carbonyl (C=O) groups is 2. The lowest BCUT2D eigenvalue weighted by atomic mass is 10.0. The summed E-state index contributed by atoms with van der Waals surface area (Å²) < 4.78 is 1.96. The number of aromatic carboxylic acids is 1. The fourth-order valence-electron chi connectivity index (χ4n) is 3.45. The predicted molar refractivity (Wildman–Crippen MR) is 120 cm³/mol. The lowest BCUT2D eigenvalue weighted by Gasteiger charge is -2.08. The van der Waals surface area contributed by atoms with Crippen molar-refractivity contribution in [2.45, 2.75) is 6.42 Å². The number of carboxylic acid groups (broad SMARTS) is 1. The molecule has 2 aromatic carbocycles. The molecule has 8 heteroatoms. The van der Waals surface area contributed by atoms with Gasteiger partial charge in [-0.25, -0.2) is 9.78 Å². The van der Waals surface area contributed by atoms with E-state index in [-0.39, 0.29) is 17.3 Å². The standard InChI is InChI=1S/C23H16N4O3S/c28-21-12-18(14-4-3-5-15(10-14)20-13-31-22(26-20)23(29)30)24-17-7-6-16(11-19(17)25-21)27-8-1-2-9-27/h1-11,13H,12H2,(H,25,28)(H,29,30). The molecule has 3 heterocycles. The van der Waals surface area contributed by atoms with Gasteiger partial charge in [0.15, 0.2) is 0 Å². The summed E-state index contributed by atoms with van der Waals surface area (Å²) in [5, 5.41) is 13.8. The van der Waals surface area contributed by atoms with Crippen molar-refractivity contribution in [1.29, 1.82) is 0 Å². The van der Waals surface area contributed by atoms with Crippen LogP contribution >= 0.6 is 11.3 Å². The second-order valence-electron chi connectivity index (χ2n) is 7.00. The Bertz CT molecular complexity index is 1340. The molecule has 5 rings (SSSR count). The Morgan fingerprint density at radius 3 is 2.65 bits per heavy atom. The van der Waals surface area contributed by atoms with Crippen molar-refractivity contribution < 1.29 is 14.7 Å². The second-order valence-corrected chi connectivity index (χ2v) is 7.86. The maximum Gasteiger partial charge on any atom is 0.365 e. The SMILES string of the molecule is O=C1CC(c2cccc(-c3csc(C(=O)O)n3)c2)=Nc2ccc(-n3cccc3)cc2N1. The monoisotopic (exact) mass is 428 g/mol. The molecule has 0 fully saturated rings. The molecule has 152 valence electrons. The smallest absolute Gasteiger partial charge is 0.365 e. The van der Waals surface area contributed by atoms with Gasteiger partial charge in [0, 0.05) is 29.0 Å². The lowest BCUT2D eigenvalue weighted by molar-refractivity contribution is -0.115. The third-order valence-electron chi connectivity index (χ3n) is 4.92. The normalized spacial score (nSPS) is 13.2. The minimum absolute atomic E-state index is 0.0408. The Kier molecular flexibility index (Phi) is 4.68. The average molecular weight is 428 g/mol.